The van der Waals surface area contributed by atoms with Crippen LogP contribution in [0.1, 0.15) is 36.0 Å². The number of aliphatic carboxylic acids is 1. The third kappa shape index (κ3) is 6.85. The van der Waals surface area contributed by atoms with Gasteiger partial charge < -0.3 is 15.2 Å². The number of amides is 1. The first-order chi connectivity index (χ1) is 18.0. The van der Waals surface area contributed by atoms with Gasteiger partial charge in [0.15, 0.2) is 0 Å². The smallest absolute Gasteiger partial charge is 0.303 e. The van der Waals surface area contributed by atoms with Gasteiger partial charge in [-0.3, -0.25) is 9.59 Å². The molecule has 0 aliphatic heterocycles. The standard InChI is InChI=1S/C26H25N5O5S/c32-24(33)12-2-1-7-17-36-19-15-13-18(14-16-19)26(34)27-21-9-4-6-11-23(21)37(35)22-10-5-3-8-20(22)25-28-30-31-29-25/h3-6,8-11,13-16H,1-2,7,12,17H2,(H,27,34)(H,32,33)(H,28,29,30,31). The molecule has 1 amide bonds. The normalized spacial score (nSPS) is 11.6. The summed E-state index contributed by atoms with van der Waals surface area (Å²) in [6.07, 6.45) is 2.30. The van der Waals surface area contributed by atoms with Crippen LogP contribution in [-0.4, -0.2) is 48.4 Å². The zero-order chi connectivity index (χ0) is 26.0. The molecule has 0 bridgehead atoms. The van der Waals surface area contributed by atoms with E-state index in [1.165, 1.54) is 0 Å². The molecule has 4 rings (SSSR count). The van der Waals surface area contributed by atoms with E-state index in [1.54, 1.807) is 72.8 Å². The van der Waals surface area contributed by atoms with Crippen LogP contribution in [0.5, 0.6) is 5.75 Å². The van der Waals surface area contributed by atoms with Crippen molar-refractivity contribution in [3.8, 4) is 17.1 Å². The van der Waals surface area contributed by atoms with Crippen molar-refractivity contribution in [1.29, 1.82) is 0 Å². The lowest BCUT2D eigenvalue weighted by Crippen LogP contribution is -2.14. The van der Waals surface area contributed by atoms with E-state index >= 15 is 0 Å². The number of benzene rings is 3. The van der Waals surface area contributed by atoms with Crippen molar-refractivity contribution in [2.24, 2.45) is 0 Å². The van der Waals surface area contributed by atoms with Gasteiger partial charge in [0, 0.05) is 17.5 Å². The molecule has 0 saturated carbocycles. The summed E-state index contributed by atoms with van der Waals surface area (Å²) < 4.78 is 19.2. The molecule has 1 atom stereocenters. The van der Waals surface area contributed by atoms with Gasteiger partial charge in [-0.05, 0) is 73.0 Å². The first-order valence-corrected chi connectivity index (χ1v) is 12.8. The van der Waals surface area contributed by atoms with E-state index in [9.17, 15) is 13.8 Å². The van der Waals surface area contributed by atoms with Gasteiger partial charge in [0.1, 0.15) is 5.75 Å². The SMILES string of the molecule is O=C(O)CCCCCOc1ccc(C(=O)Nc2ccccc2S(=O)c2ccccc2-c2nn[nH]n2)cc1. The highest BCUT2D eigenvalue weighted by molar-refractivity contribution is 7.85. The molecule has 3 N–H and O–H groups in total. The van der Waals surface area contributed by atoms with Crippen LogP contribution < -0.4 is 10.1 Å². The van der Waals surface area contributed by atoms with Crippen LogP contribution in [-0.2, 0) is 15.6 Å². The van der Waals surface area contributed by atoms with Crippen LogP contribution in [0.15, 0.2) is 82.6 Å². The van der Waals surface area contributed by atoms with Gasteiger partial charge in [-0.1, -0.05) is 24.3 Å². The Morgan fingerprint density at radius 3 is 2.38 bits per heavy atom. The van der Waals surface area contributed by atoms with Crippen molar-refractivity contribution in [3.63, 3.8) is 0 Å². The third-order valence-corrected chi connectivity index (χ3v) is 6.94. The van der Waals surface area contributed by atoms with Crippen molar-refractivity contribution < 1.29 is 23.6 Å². The molecule has 0 radical (unpaired) electrons. The van der Waals surface area contributed by atoms with E-state index < -0.39 is 16.8 Å². The van der Waals surface area contributed by atoms with Crippen LogP contribution >= 0.6 is 0 Å². The molecule has 1 heterocycles. The van der Waals surface area contributed by atoms with Gasteiger partial charge in [-0.15, -0.1) is 10.2 Å². The predicted molar refractivity (Wildman–Crippen MR) is 137 cm³/mol. The number of hydrogen-bond acceptors (Lipinski definition) is 7. The van der Waals surface area contributed by atoms with Crippen molar-refractivity contribution in [2.75, 3.05) is 11.9 Å². The summed E-state index contributed by atoms with van der Waals surface area (Å²) >= 11 is 0. The van der Waals surface area contributed by atoms with Crippen molar-refractivity contribution >= 4 is 28.4 Å². The van der Waals surface area contributed by atoms with Crippen molar-refractivity contribution in [1.82, 2.24) is 20.6 Å². The number of carbonyl (C=O) groups is 2. The first-order valence-electron chi connectivity index (χ1n) is 11.6. The molecular weight excluding hydrogens is 494 g/mol. The highest BCUT2D eigenvalue weighted by Gasteiger charge is 2.19. The van der Waals surface area contributed by atoms with Crippen LogP contribution in [0, 0.1) is 0 Å². The maximum atomic E-state index is 13.6. The van der Waals surface area contributed by atoms with E-state index in [0.29, 0.717) is 51.2 Å². The number of rotatable bonds is 12. The summed E-state index contributed by atoms with van der Waals surface area (Å²) in [4.78, 5) is 24.4. The van der Waals surface area contributed by atoms with Crippen LogP contribution in [0.3, 0.4) is 0 Å². The number of tetrazole rings is 1. The fourth-order valence-corrected chi connectivity index (χ4v) is 4.90. The molecule has 190 valence electrons. The summed E-state index contributed by atoms with van der Waals surface area (Å²) in [5, 5.41) is 25.5. The maximum Gasteiger partial charge on any atom is 0.303 e. The molecule has 0 aliphatic carbocycles. The van der Waals surface area contributed by atoms with Gasteiger partial charge in [0.25, 0.3) is 5.91 Å². The lowest BCUT2D eigenvalue weighted by atomic mass is 10.2. The zero-order valence-corrected chi connectivity index (χ0v) is 20.6. The first kappa shape index (κ1) is 25.7. The average Bonchev–Trinajstić information content (AvgIpc) is 3.46. The number of anilines is 1. The number of para-hydroxylation sites is 1. The second-order valence-electron chi connectivity index (χ2n) is 8.03. The van der Waals surface area contributed by atoms with Gasteiger partial charge in [0.05, 0.1) is 32.9 Å². The number of ether oxygens (including phenoxy) is 1. The largest absolute Gasteiger partial charge is 0.494 e. The number of hydrogen-bond donors (Lipinski definition) is 3. The van der Waals surface area contributed by atoms with Gasteiger partial charge >= 0.3 is 5.97 Å². The van der Waals surface area contributed by atoms with Crippen LogP contribution in [0.25, 0.3) is 11.4 Å². The second-order valence-corrected chi connectivity index (χ2v) is 9.44. The predicted octanol–water partition coefficient (Wildman–Crippen LogP) is 4.31. The molecule has 37 heavy (non-hydrogen) atoms. The summed E-state index contributed by atoms with van der Waals surface area (Å²) in [6, 6.07) is 20.7. The van der Waals surface area contributed by atoms with Gasteiger partial charge in [-0.2, -0.15) is 5.21 Å². The maximum absolute atomic E-state index is 13.6. The summed E-state index contributed by atoms with van der Waals surface area (Å²) in [5.41, 5.74) is 1.42. The molecule has 0 aliphatic rings. The lowest BCUT2D eigenvalue weighted by Gasteiger charge is -2.13. The Bertz CT molecular complexity index is 1380. The molecule has 11 heteroatoms. The minimum Gasteiger partial charge on any atom is -0.494 e. The quantitative estimate of drug-likeness (QED) is 0.235. The number of unbranched alkanes of at least 4 members (excludes halogenated alkanes) is 2. The van der Waals surface area contributed by atoms with Crippen LogP contribution in [0.2, 0.25) is 0 Å². The Labute approximate surface area is 215 Å². The fourth-order valence-electron chi connectivity index (χ4n) is 3.58. The Balaban J connectivity index is 1.41. The average molecular weight is 520 g/mol. The fraction of sp³-hybridized carbons (Fsp3) is 0.192. The highest BCUT2D eigenvalue weighted by atomic mass is 32.2. The van der Waals surface area contributed by atoms with E-state index in [0.717, 1.165) is 12.8 Å². The van der Waals surface area contributed by atoms with E-state index in [-0.39, 0.29) is 12.3 Å². The molecular formula is C26H25N5O5S. The Morgan fingerprint density at radius 1 is 0.919 bits per heavy atom. The Hall–Kier alpha value is -4.38. The number of nitrogens with zero attached hydrogens (tertiary/aromatic N) is 3. The molecule has 4 aromatic rings. The highest BCUT2D eigenvalue weighted by Crippen LogP contribution is 2.30. The molecule has 10 nitrogen and oxygen atoms in total. The molecule has 3 aromatic carbocycles. The number of H-pyrrole nitrogens is 1. The second kappa shape index (κ2) is 12.5. The van der Waals surface area contributed by atoms with Gasteiger partial charge in [0.2, 0.25) is 5.82 Å². The van der Waals surface area contributed by atoms with E-state index in [4.69, 9.17) is 9.84 Å². The number of carboxylic acids is 1. The molecule has 1 aromatic heterocycles. The zero-order valence-electron chi connectivity index (χ0n) is 19.8. The molecule has 0 fully saturated rings. The molecule has 0 saturated heterocycles. The topological polar surface area (TPSA) is 147 Å². The van der Waals surface area contributed by atoms with Crippen molar-refractivity contribution in [2.45, 2.75) is 35.5 Å². The number of nitrogens with one attached hydrogen (secondary N) is 2. The Kier molecular flexibility index (Phi) is 8.71. The monoisotopic (exact) mass is 519 g/mol. The van der Waals surface area contributed by atoms with E-state index in [2.05, 4.69) is 25.9 Å². The lowest BCUT2D eigenvalue weighted by molar-refractivity contribution is -0.137. The number of aromatic amines is 1. The summed E-state index contributed by atoms with van der Waals surface area (Å²) in [7, 11) is -1.63. The number of aromatic nitrogens is 4. The number of carboxylic acid groups (broad SMARTS) is 1. The molecule has 0 spiro atoms. The summed E-state index contributed by atoms with van der Waals surface area (Å²) in [6.45, 7) is 0.468. The minimum atomic E-state index is -1.63. The minimum absolute atomic E-state index is 0.159. The molecule has 1 unspecified atom stereocenters. The summed E-state index contributed by atoms with van der Waals surface area (Å²) in [5.74, 6) is -0.198. The van der Waals surface area contributed by atoms with Gasteiger partial charge in [-0.25, -0.2) is 4.21 Å². The third-order valence-electron chi connectivity index (χ3n) is 5.43. The number of carbonyl (C=O) groups excluding carboxylic acids is 1. The Morgan fingerprint density at radius 2 is 1.65 bits per heavy atom. The van der Waals surface area contributed by atoms with E-state index in [1.807, 2.05) is 0 Å². The van der Waals surface area contributed by atoms with Crippen LogP contribution in [0.4, 0.5) is 5.69 Å². The van der Waals surface area contributed by atoms with Crippen molar-refractivity contribution in [3.05, 3.63) is 78.4 Å².